The van der Waals surface area contributed by atoms with Crippen molar-refractivity contribution in [2.24, 2.45) is 5.92 Å². The van der Waals surface area contributed by atoms with Gasteiger partial charge in [-0.2, -0.15) is 9.03 Å². The van der Waals surface area contributed by atoms with Crippen LogP contribution in [0.15, 0.2) is 46.2 Å². The van der Waals surface area contributed by atoms with Crippen LogP contribution in [-0.2, 0) is 24.8 Å². The van der Waals surface area contributed by atoms with E-state index in [-0.39, 0.29) is 21.2 Å². The van der Waals surface area contributed by atoms with Crippen molar-refractivity contribution in [1.29, 1.82) is 0 Å². The van der Waals surface area contributed by atoms with Gasteiger partial charge in [-0.05, 0) is 49.1 Å². The summed E-state index contributed by atoms with van der Waals surface area (Å²) in [7, 11) is -6.57. The highest BCUT2D eigenvalue weighted by Crippen LogP contribution is 2.33. The number of rotatable bonds is 9. The average molecular weight is 568 g/mol. The highest BCUT2D eigenvalue weighted by Gasteiger charge is 2.32. The van der Waals surface area contributed by atoms with Gasteiger partial charge in [0.2, 0.25) is 26.0 Å². The Morgan fingerprint density at radius 2 is 1.63 bits per heavy atom. The molecule has 0 spiro atoms. The molecule has 2 aromatic rings. The Labute approximate surface area is 223 Å². The van der Waals surface area contributed by atoms with Crippen LogP contribution in [0.1, 0.15) is 33.1 Å². The quantitative estimate of drug-likeness (QED) is 0.471. The fourth-order valence-corrected chi connectivity index (χ4v) is 7.40. The summed E-state index contributed by atoms with van der Waals surface area (Å²) in [5, 5.41) is 2.66. The third-order valence-electron chi connectivity index (χ3n) is 6.42. The number of hydrogen-bond acceptors (Lipinski definition) is 8. The van der Waals surface area contributed by atoms with Crippen molar-refractivity contribution in [2.45, 2.75) is 48.9 Å². The molecule has 1 atom stereocenters. The van der Waals surface area contributed by atoms with Gasteiger partial charge in [-0.3, -0.25) is 4.79 Å². The number of ether oxygens (including phenoxy) is 3. The van der Waals surface area contributed by atoms with Crippen molar-refractivity contribution in [2.75, 3.05) is 38.7 Å². The molecular weight excluding hydrogens is 534 g/mol. The fraction of sp³-hybridized carbons (Fsp3) is 0.480. The first kappa shape index (κ1) is 28.1. The number of hydrogen-bond donors (Lipinski definition) is 2. The maximum absolute atomic E-state index is 13.3. The largest absolute Gasteiger partial charge is 0.495 e. The Morgan fingerprint density at radius 1 is 0.947 bits per heavy atom. The molecule has 0 aliphatic carbocycles. The predicted molar refractivity (Wildman–Crippen MR) is 141 cm³/mol. The van der Waals surface area contributed by atoms with Gasteiger partial charge in [0.1, 0.15) is 29.9 Å². The third kappa shape index (κ3) is 6.06. The summed E-state index contributed by atoms with van der Waals surface area (Å²) in [6, 6.07) is 7.43. The van der Waals surface area contributed by atoms with Gasteiger partial charge in [-0.15, -0.1) is 0 Å². The van der Waals surface area contributed by atoms with Gasteiger partial charge in [-0.1, -0.05) is 20.3 Å². The van der Waals surface area contributed by atoms with E-state index in [1.165, 1.54) is 47.8 Å². The molecule has 1 fully saturated rings. The van der Waals surface area contributed by atoms with Crippen LogP contribution in [0, 0.1) is 5.92 Å². The number of sulfonamides is 2. The Morgan fingerprint density at radius 3 is 2.29 bits per heavy atom. The molecular formula is C25H33N3O8S2. The minimum atomic E-state index is -4.10. The minimum Gasteiger partial charge on any atom is -0.495 e. The van der Waals surface area contributed by atoms with Crippen molar-refractivity contribution in [3.63, 3.8) is 0 Å². The summed E-state index contributed by atoms with van der Waals surface area (Å²) in [6.45, 7) is 4.92. The summed E-state index contributed by atoms with van der Waals surface area (Å²) >= 11 is 0. The Bertz CT molecular complexity index is 1390. The highest BCUT2D eigenvalue weighted by atomic mass is 32.2. The summed E-state index contributed by atoms with van der Waals surface area (Å²) in [6.07, 6.45) is 2.52. The smallest absolute Gasteiger partial charge is 0.246 e. The first-order chi connectivity index (χ1) is 18.0. The van der Waals surface area contributed by atoms with Crippen LogP contribution < -0.4 is 24.2 Å². The van der Waals surface area contributed by atoms with Gasteiger partial charge in [0, 0.05) is 24.8 Å². The molecule has 0 radical (unpaired) electrons. The number of benzene rings is 2. The molecule has 1 amide bonds. The lowest BCUT2D eigenvalue weighted by atomic mass is 10.0. The van der Waals surface area contributed by atoms with Gasteiger partial charge in [0.25, 0.3) is 0 Å². The molecule has 0 unspecified atom stereocenters. The molecule has 208 valence electrons. The highest BCUT2D eigenvalue weighted by molar-refractivity contribution is 7.89. The number of piperidine rings is 1. The molecule has 0 aromatic heterocycles. The van der Waals surface area contributed by atoms with E-state index in [2.05, 4.69) is 10.0 Å². The van der Waals surface area contributed by atoms with Crippen LogP contribution in [0.4, 0.5) is 5.69 Å². The minimum absolute atomic E-state index is 0.0577. The van der Waals surface area contributed by atoms with Crippen molar-refractivity contribution >= 4 is 31.6 Å². The molecule has 13 heteroatoms. The number of nitrogens with one attached hydrogen (secondary N) is 2. The van der Waals surface area contributed by atoms with Gasteiger partial charge in [0.15, 0.2) is 11.5 Å². The van der Waals surface area contributed by atoms with Crippen LogP contribution in [0.3, 0.4) is 0 Å². The SMILES string of the molecule is COc1ccc(NC(=O)[C@@H](NS(=O)(=O)c2ccc3c(c2)OCCO3)C(C)C)cc1S(=O)(=O)N1CCCCC1. The van der Waals surface area contributed by atoms with Crippen LogP contribution >= 0.6 is 0 Å². The molecule has 0 bridgehead atoms. The van der Waals surface area contributed by atoms with Gasteiger partial charge >= 0.3 is 0 Å². The Hall–Kier alpha value is -2.87. The van der Waals surface area contributed by atoms with Crippen molar-refractivity contribution in [3.05, 3.63) is 36.4 Å². The van der Waals surface area contributed by atoms with E-state index >= 15 is 0 Å². The summed E-state index contributed by atoms with van der Waals surface area (Å²) in [5.74, 6) is -0.133. The molecule has 4 rings (SSSR count). The molecule has 2 aliphatic rings. The van der Waals surface area contributed by atoms with Crippen LogP contribution in [-0.4, -0.2) is 66.5 Å². The van der Waals surface area contributed by atoms with Gasteiger partial charge < -0.3 is 19.5 Å². The van der Waals surface area contributed by atoms with Gasteiger partial charge in [-0.25, -0.2) is 16.8 Å². The molecule has 1 saturated heterocycles. The number of methoxy groups -OCH3 is 1. The van der Waals surface area contributed by atoms with Crippen LogP contribution in [0.2, 0.25) is 0 Å². The van der Waals surface area contributed by atoms with Crippen LogP contribution in [0.5, 0.6) is 17.2 Å². The van der Waals surface area contributed by atoms with Crippen molar-refractivity contribution in [3.8, 4) is 17.2 Å². The monoisotopic (exact) mass is 567 g/mol. The second-order valence-electron chi connectivity index (χ2n) is 9.47. The molecule has 2 heterocycles. The molecule has 2 aliphatic heterocycles. The van der Waals surface area contributed by atoms with Gasteiger partial charge in [0.05, 0.1) is 12.0 Å². The lowest BCUT2D eigenvalue weighted by molar-refractivity contribution is -0.118. The number of anilines is 1. The fourth-order valence-electron chi connectivity index (χ4n) is 4.34. The van der Waals surface area contributed by atoms with E-state index < -0.39 is 37.9 Å². The van der Waals surface area contributed by atoms with E-state index in [0.29, 0.717) is 37.8 Å². The topological polar surface area (TPSA) is 140 Å². The second kappa shape index (κ2) is 11.5. The lowest BCUT2D eigenvalue weighted by Gasteiger charge is -2.27. The summed E-state index contributed by atoms with van der Waals surface area (Å²) in [5.41, 5.74) is 0.204. The molecule has 0 saturated carbocycles. The molecule has 2 aromatic carbocycles. The number of fused-ring (bicyclic) bond motifs is 1. The van der Waals surface area contributed by atoms with E-state index in [1.807, 2.05) is 0 Å². The second-order valence-corrected chi connectivity index (χ2v) is 13.1. The molecule has 2 N–H and O–H groups in total. The van der Waals surface area contributed by atoms with Crippen molar-refractivity contribution < 1.29 is 35.8 Å². The van der Waals surface area contributed by atoms with Crippen molar-refractivity contribution in [1.82, 2.24) is 9.03 Å². The summed E-state index contributed by atoms with van der Waals surface area (Å²) in [4.78, 5) is 13.1. The maximum atomic E-state index is 13.3. The standard InChI is InChI=1S/C25H33N3O8S2/c1-17(2)24(27-37(30,31)19-8-10-20-22(16-19)36-14-13-35-20)25(29)26-18-7-9-21(34-3)23(15-18)38(32,33)28-11-5-4-6-12-28/h7-10,15-17,24,27H,4-6,11-14H2,1-3H3,(H,26,29)/t24-/m0/s1. The Kier molecular flexibility index (Phi) is 8.50. The normalized spacial score (nSPS) is 17.2. The average Bonchev–Trinajstić information content (AvgIpc) is 2.91. The summed E-state index contributed by atoms with van der Waals surface area (Å²) < 4.78 is 73.0. The third-order valence-corrected chi connectivity index (χ3v) is 9.78. The molecule has 11 nitrogen and oxygen atoms in total. The van der Waals surface area contributed by atoms with E-state index in [9.17, 15) is 21.6 Å². The number of carbonyl (C=O) groups excluding carboxylic acids is 1. The number of carbonyl (C=O) groups is 1. The zero-order valence-corrected chi connectivity index (χ0v) is 23.2. The Balaban J connectivity index is 1.56. The first-order valence-electron chi connectivity index (χ1n) is 12.4. The number of amides is 1. The van der Waals surface area contributed by atoms with Crippen LogP contribution in [0.25, 0.3) is 0 Å². The zero-order valence-electron chi connectivity index (χ0n) is 21.6. The molecule has 38 heavy (non-hydrogen) atoms. The lowest BCUT2D eigenvalue weighted by Crippen LogP contribution is -2.47. The predicted octanol–water partition coefficient (Wildman–Crippen LogP) is 2.58. The number of nitrogens with zero attached hydrogens (tertiary/aromatic N) is 1. The van der Waals surface area contributed by atoms with E-state index in [0.717, 1.165) is 19.3 Å². The van der Waals surface area contributed by atoms with E-state index in [1.54, 1.807) is 13.8 Å². The van der Waals surface area contributed by atoms with E-state index in [4.69, 9.17) is 14.2 Å². The maximum Gasteiger partial charge on any atom is 0.246 e. The zero-order chi connectivity index (χ0) is 27.5. The first-order valence-corrected chi connectivity index (χ1v) is 15.4.